The van der Waals surface area contributed by atoms with E-state index in [0.717, 1.165) is 25.1 Å². The summed E-state index contributed by atoms with van der Waals surface area (Å²) in [5, 5.41) is 3.28. The average Bonchev–Trinajstić information content (AvgIpc) is 2.22. The van der Waals surface area contributed by atoms with Gasteiger partial charge in [-0.1, -0.05) is 19.9 Å². The van der Waals surface area contributed by atoms with Crippen LogP contribution in [0, 0.1) is 11.2 Å². The fourth-order valence-corrected chi connectivity index (χ4v) is 2.01. The third-order valence-electron chi connectivity index (χ3n) is 2.86. The molecule has 14 heavy (non-hydrogen) atoms. The van der Waals surface area contributed by atoms with Crippen LogP contribution in [0.4, 0.5) is 10.1 Å². The van der Waals surface area contributed by atoms with Gasteiger partial charge in [-0.3, -0.25) is 0 Å². The number of anilines is 1. The molecule has 0 spiro atoms. The van der Waals surface area contributed by atoms with Crippen molar-refractivity contribution in [2.24, 2.45) is 5.41 Å². The topological polar surface area (TPSA) is 12.0 Å². The summed E-state index contributed by atoms with van der Waals surface area (Å²) < 4.78 is 13.0. The van der Waals surface area contributed by atoms with Crippen molar-refractivity contribution in [1.82, 2.24) is 0 Å². The van der Waals surface area contributed by atoms with Gasteiger partial charge >= 0.3 is 0 Å². The fourth-order valence-electron chi connectivity index (χ4n) is 2.01. The molecular weight excluding hydrogens is 177 g/mol. The number of nitrogens with one attached hydrogen (secondary N) is 1. The molecule has 0 saturated carbocycles. The Morgan fingerprint density at radius 1 is 1.36 bits per heavy atom. The molecule has 0 radical (unpaired) electrons. The summed E-state index contributed by atoms with van der Waals surface area (Å²) in [6.45, 7) is 5.45. The van der Waals surface area contributed by atoms with Crippen molar-refractivity contribution in [2.45, 2.75) is 26.7 Å². The van der Waals surface area contributed by atoms with E-state index in [1.807, 2.05) is 6.07 Å². The summed E-state index contributed by atoms with van der Waals surface area (Å²) in [5.74, 6) is -0.157. The zero-order chi connectivity index (χ0) is 10.2. The highest BCUT2D eigenvalue weighted by atomic mass is 19.1. The van der Waals surface area contributed by atoms with Gasteiger partial charge < -0.3 is 5.32 Å². The standard InChI is InChI=1S/C12H16FN/c1-12(2)5-6-14-11-7-10(13)4-3-9(11)8-12/h3-4,7,14H,5-6,8H2,1-2H3. The molecule has 0 aromatic heterocycles. The molecule has 1 heterocycles. The average molecular weight is 193 g/mol. The molecule has 76 valence electrons. The third-order valence-corrected chi connectivity index (χ3v) is 2.86. The van der Waals surface area contributed by atoms with E-state index < -0.39 is 0 Å². The molecule has 1 nitrogen and oxygen atoms in total. The van der Waals surface area contributed by atoms with Crippen molar-refractivity contribution in [3.05, 3.63) is 29.6 Å². The Morgan fingerprint density at radius 2 is 2.14 bits per heavy atom. The summed E-state index contributed by atoms with van der Waals surface area (Å²) in [5.41, 5.74) is 2.51. The Balaban J connectivity index is 2.37. The van der Waals surface area contributed by atoms with E-state index in [0.29, 0.717) is 5.41 Å². The Labute approximate surface area is 84.3 Å². The van der Waals surface area contributed by atoms with Gasteiger partial charge in [-0.05, 0) is 36.0 Å². The normalized spacial score (nSPS) is 19.4. The van der Waals surface area contributed by atoms with E-state index in [1.54, 1.807) is 12.1 Å². The molecule has 0 fully saturated rings. The van der Waals surface area contributed by atoms with Crippen LogP contribution in [0.25, 0.3) is 0 Å². The molecule has 1 aromatic rings. The summed E-state index contributed by atoms with van der Waals surface area (Å²) in [7, 11) is 0. The second-order valence-corrected chi connectivity index (χ2v) is 4.82. The third kappa shape index (κ3) is 1.89. The Kier molecular flexibility index (Phi) is 2.22. The Hall–Kier alpha value is -1.05. The predicted molar refractivity (Wildman–Crippen MR) is 57.0 cm³/mol. The molecule has 0 bridgehead atoms. The highest BCUT2D eigenvalue weighted by Crippen LogP contribution is 2.32. The van der Waals surface area contributed by atoms with Gasteiger partial charge in [-0.2, -0.15) is 0 Å². The quantitative estimate of drug-likeness (QED) is 0.667. The minimum absolute atomic E-state index is 0.157. The van der Waals surface area contributed by atoms with Crippen LogP contribution in [0.15, 0.2) is 18.2 Å². The van der Waals surface area contributed by atoms with Gasteiger partial charge in [0.25, 0.3) is 0 Å². The predicted octanol–water partition coefficient (Wildman–Crippen LogP) is 3.21. The molecule has 2 rings (SSSR count). The summed E-state index contributed by atoms with van der Waals surface area (Å²) in [6, 6.07) is 5.03. The minimum atomic E-state index is -0.157. The highest BCUT2D eigenvalue weighted by molar-refractivity contribution is 5.52. The largest absolute Gasteiger partial charge is 0.385 e. The number of benzene rings is 1. The lowest BCUT2D eigenvalue weighted by Crippen LogP contribution is -2.15. The highest BCUT2D eigenvalue weighted by Gasteiger charge is 2.22. The van der Waals surface area contributed by atoms with Gasteiger partial charge in [0.2, 0.25) is 0 Å². The molecule has 1 N–H and O–H groups in total. The molecular formula is C12H16FN. The summed E-state index contributed by atoms with van der Waals surface area (Å²) >= 11 is 0. The summed E-state index contributed by atoms with van der Waals surface area (Å²) in [4.78, 5) is 0. The lowest BCUT2D eigenvalue weighted by molar-refractivity contribution is 0.349. The van der Waals surface area contributed by atoms with Gasteiger partial charge in [0.05, 0.1) is 0 Å². The summed E-state index contributed by atoms with van der Waals surface area (Å²) in [6.07, 6.45) is 2.15. The maximum Gasteiger partial charge on any atom is 0.125 e. The van der Waals surface area contributed by atoms with E-state index in [9.17, 15) is 4.39 Å². The van der Waals surface area contributed by atoms with Gasteiger partial charge in [-0.15, -0.1) is 0 Å². The van der Waals surface area contributed by atoms with Gasteiger partial charge in [0, 0.05) is 12.2 Å². The first-order valence-corrected chi connectivity index (χ1v) is 5.09. The van der Waals surface area contributed by atoms with Gasteiger partial charge in [0.15, 0.2) is 0 Å². The van der Waals surface area contributed by atoms with Crippen LogP contribution in [-0.2, 0) is 6.42 Å². The second kappa shape index (κ2) is 3.26. The van der Waals surface area contributed by atoms with Crippen molar-refractivity contribution in [3.63, 3.8) is 0 Å². The fraction of sp³-hybridized carbons (Fsp3) is 0.500. The number of hydrogen-bond acceptors (Lipinski definition) is 1. The van der Waals surface area contributed by atoms with Crippen molar-refractivity contribution in [1.29, 1.82) is 0 Å². The molecule has 0 unspecified atom stereocenters. The SMILES string of the molecule is CC1(C)CCNc2cc(F)ccc2C1. The monoisotopic (exact) mass is 193 g/mol. The molecule has 2 heteroatoms. The van der Waals surface area contributed by atoms with Crippen LogP contribution in [0.2, 0.25) is 0 Å². The first-order chi connectivity index (χ1) is 6.57. The smallest absolute Gasteiger partial charge is 0.125 e. The molecule has 0 atom stereocenters. The van der Waals surface area contributed by atoms with E-state index in [-0.39, 0.29) is 5.82 Å². The van der Waals surface area contributed by atoms with Crippen molar-refractivity contribution in [3.8, 4) is 0 Å². The minimum Gasteiger partial charge on any atom is -0.385 e. The van der Waals surface area contributed by atoms with Crippen molar-refractivity contribution < 1.29 is 4.39 Å². The number of hydrogen-bond donors (Lipinski definition) is 1. The lowest BCUT2D eigenvalue weighted by Gasteiger charge is -2.21. The first kappa shape index (κ1) is 9.50. The van der Waals surface area contributed by atoms with Crippen LogP contribution >= 0.6 is 0 Å². The zero-order valence-electron chi connectivity index (χ0n) is 8.73. The zero-order valence-corrected chi connectivity index (χ0v) is 8.73. The lowest BCUT2D eigenvalue weighted by atomic mass is 9.83. The van der Waals surface area contributed by atoms with Gasteiger partial charge in [0.1, 0.15) is 5.82 Å². The van der Waals surface area contributed by atoms with E-state index in [1.165, 1.54) is 5.56 Å². The first-order valence-electron chi connectivity index (χ1n) is 5.09. The molecule has 0 aliphatic carbocycles. The van der Waals surface area contributed by atoms with Gasteiger partial charge in [-0.25, -0.2) is 4.39 Å². The van der Waals surface area contributed by atoms with Crippen LogP contribution < -0.4 is 5.32 Å². The van der Waals surface area contributed by atoms with Crippen LogP contribution in [0.3, 0.4) is 0 Å². The maximum absolute atomic E-state index is 13.0. The van der Waals surface area contributed by atoms with Crippen molar-refractivity contribution in [2.75, 3.05) is 11.9 Å². The Morgan fingerprint density at radius 3 is 2.93 bits per heavy atom. The molecule has 0 amide bonds. The van der Waals surface area contributed by atoms with E-state index in [2.05, 4.69) is 19.2 Å². The van der Waals surface area contributed by atoms with E-state index in [4.69, 9.17) is 0 Å². The van der Waals surface area contributed by atoms with E-state index >= 15 is 0 Å². The molecule has 1 aliphatic rings. The number of rotatable bonds is 0. The second-order valence-electron chi connectivity index (χ2n) is 4.82. The number of fused-ring (bicyclic) bond motifs is 1. The molecule has 1 aliphatic heterocycles. The van der Waals surface area contributed by atoms with Crippen LogP contribution in [-0.4, -0.2) is 6.54 Å². The van der Waals surface area contributed by atoms with Crippen molar-refractivity contribution >= 4 is 5.69 Å². The number of halogens is 1. The van der Waals surface area contributed by atoms with Crippen LogP contribution in [0.1, 0.15) is 25.8 Å². The maximum atomic E-state index is 13.0. The van der Waals surface area contributed by atoms with Crippen LogP contribution in [0.5, 0.6) is 0 Å². The molecule has 1 aromatic carbocycles. The molecule has 0 saturated heterocycles. The Bertz CT molecular complexity index is 344.